The number of nitro groups is 2. The van der Waals surface area contributed by atoms with Crippen molar-refractivity contribution in [2.24, 2.45) is 16.3 Å². The number of amides is 5. The lowest BCUT2D eigenvalue weighted by molar-refractivity contribution is -0.385. The molecule has 0 spiro atoms. The van der Waals surface area contributed by atoms with E-state index in [1.807, 2.05) is 0 Å². The van der Waals surface area contributed by atoms with Crippen LogP contribution in [0.5, 0.6) is 0 Å². The van der Waals surface area contributed by atoms with Gasteiger partial charge in [-0.05, 0) is 70.4 Å². The van der Waals surface area contributed by atoms with Gasteiger partial charge < -0.3 is 25.0 Å². The van der Waals surface area contributed by atoms with Crippen LogP contribution in [0.3, 0.4) is 0 Å². The summed E-state index contributed by atoms with van der Waals surface area (Å²) in [4.78, 5) is 102. The molecule has 5 rings (SSSR count). The van der Waals surface area contributed by atoms with Crippen LogP contribution >= 0.6 is 0 Å². The van der Waals surface area contributed by atoms with Crippen LogP contribution in [-0.2, 0) is 38.7 Å². The second-order valence-electron chi connectivity index (χ2n) is 17.7. The van der Waals surface area contributed by atoms with Crippen molar-refractivity contribution in [1.82, 2.24) is 20.3 Å². The zero-order valence-electron chi connectivity index (χ0n) is 36.6. The molecule has 2 saturated carbocycles. The number of isocyanates is 1. The Bertz CT molecular complexity index is 2380. The molecule has 23 heteroatoms. The van der Waals surface area contributed by atoms with E-state index in [4.69, 9.17) is 9.47 Å². The molecule has 4 N–H and O–H groups in total. The Morgan fingerprint density at radius 3 is 2.08 bits per heavy atom. The maximum atomic E-state index is 14.3. The number of non-ortho nitro benzene ring substituents is 2. The molecule has 3 aliphatic rings. The Labute approximate surface area is 368 Å². The van der Waals surface area contributed by atoms with Gasteiger partial charge in [0, 0.05) is 36.6 Å². The first-order chi connectivity index (χ1) is 29.6. The molecular weight excluding hydrogens is 861 g/mol. The predicted molar refractivity (Wildman–Crippen MR) is 229 cm³/mol. The summed E-state index contributed by atoms with van der Waals surface area (Å²) in [7, 11) is -3.95. The van der Waals surface area contributed by atoms with Crippen molar-refractivity contribution in [1.29, 1.82) is 0 Å². The van der Waals surface area contributed by atoms with E-state index in [1.54, 1.807) is 55.4 Å². The van der Waals surface area contributed by atoms with Crippen molar-refractivity contribution >= 4 is 68.8 Å². The van der Waals surface area contributed by atoms with Gasteiger partial charge in [-0.3, -0.25) is 44.7 Å². The number of hydrogen-bond acceptors (Lipinski definition) is 15. The molecule has 2 aromatic rings. The number of nitrogens with one attached hydrogen (secondary N) is 4. The van der Waals surface area contributed by atoms with E-state index in [1.165, 1.54) is 42.5 Å². The maximum absolute atomic E-state index is 14.3. The summed E-state index contributed by atoms with van der Waals surface area (Å²) in [5, 5.41) is 28.6. The number of carbonyl (C=O) groups excluding carboxylic acids is 6. The molecule has 0 bridgehead atoms. The van der Waals surface area contributed by atoms with Crippen LogP contribution in [0.1, 0.15) is 78.4 Å². The van der Waals surface area contributed by atoms with E-state index < -0.39 is 95.7 Å². The molecule has 3 fully saturated rings. The second-order valence-corrected chi connectivity index (χ2v) is 19.7. The van der Waals surface area contributed by atoms with Crippen LogP contribution in [0.2, 0.25) is 0 Å². The lowest BCUT2D eigenvalue weighted by atomic mass is 9.85. The first-order valence-corrected chi connectivity index (χ1v) is 21.5. The van der Waals surface area contributed by atoms with Gasteiger partial charge in [0.2, 0.25) is 27.9 Å². The number of alkyl carbamates (subject to hydrolysis) is 1. The monoisotopic (exact) mass is 912 g/mol. The van der Waals surface area contributed by atoms with Gasteiger partial charge in [0.15, 0.2) is 0 Å². The highest BCUT2D eigenvalue weighted by molar-refractivity contribution is 7.91. The molecule has 2 aliphatic carbocycles. The Hall–Kier alpha value is -6.74. The molecule has 5 amide bonds. The van der Waals surface area contributed by atoms with Gasteiger partial charge in [-0.25, -0.2) is 22.8 Å². The standard InChI is InChI=1S/C33H46N6O11S.C8H6N2O3/c1-9-19-16-33(19,28(42)37-51(47,48)22-12-13-22)36-26(40)24-15-21(49-29(43)34-23-14-20(39(45)46)11-10-18(23)2)17-38(24)27(41)25(31(3,4)5)35-30(44)50-32(6,7)8;1-6-2-3-7(10(12)13)4-8(6)9-5-11/h9-11,14,19,21-22,24-25H,1,12-13,15-17H2,2-8H3,(H,34,43)(H,35,44)(H,36,40)(H,37,42);2-4H,1H3/t19?,21-,24+,25-,33-;/m1./s1. The topological polar surface area (TPSA) is 305 Å². The van der Waals surface area contributed by atoms with Crippen LogP contribution in [0.25, 0.3) is 0 Å². The summed E-state index contributed by atoms with van der Waals surface area (Å²) in [6.45, 7) is 16.8. The van der Waals surface area contributed by atoms with E-state index in [2.05, 4.69) is 32.2 Å². The number of benzene rings is 2. The minimum absolute atomic E-state index is 0.0602. The average molecular weight is 913 g/mol. The molecule has 0 radical (unpaired) electrons. The highest BCUT2D eigenvalue weighted by Gasteiger charge is 2.62. The number of ether oxygens (including phenoxy) is 2. The first-order valence-electron chi connectivity index (χ1n) is 20.0. The largest absolute Gasteiger partial charge is 0.444 e. The van der Waals surface area contributed by atoms with Crippen LogP contribution in [0.4, 0.5) is 32.3 Å². The molecule has 5 atom stereocenters. The third-order valence-electron chi connectivity index (χ3n) is 10.4. The van der Waals surface area contributed by atoms with Crippen molar-refractivity contribution in [3.8, 4) is 0 Å². The molecule has 22 nitrogen and oxygen atoms in total. The molecule has 2 aromatic carbocycles. The van der Waals surface area contributed by atoms with E-state index in [-0.39, 0.29) is 42.1 Å². The minimum Gasteiger partial charge on any atom is -0.444 e. The Balaban J connectivity index is 0.000000591. The van der Waals surface area contributed by atoms with Crippen molar-refractivity contribution in [3.05, 3.63) is 80.4 Å². The molecule has 1 saturated heterocycles. The van der Waals surface area contributed by atoms with Crippen molar-refractivity contribution in [3.63, 3.8) is 0 Å². The van der Waals surface area contributed by atoms with Gasteiger partial charge in [0.05, 0.1) is 33.0 Å². The van der Waals surface area contributed by atoms with Gasteiger partial charge >= 0.3 is 12.2 Å². The van der Waals surface area contributed by atoms with Crippen molar-refractivity contribution < 1.29 is 56.5 Å². The number of aryl methyl sites for hydroxylation is 2. The minimum atomic E-state index is -3.95. The highest BCUT2D eigenvalue weighted by atomic mass is 32.2. The zero-order valence-corrected chi connectivity index (χ0v) is 37.4. The van der Waals surface area contributed by atoms with E-state index >= 15 is 0 Å². The second kappa shape index (κ2) is 19.3. The summed E-state index contributed by atoms with van der Waals surface area (Å²) in [6.07, 6.45) is 0.441. The van der Waals surface area contributed by atoms with Crippen molar-refractivity contribution in [2.75, 3.05) is 11.9 Å². The number of hydrogen-bond donors (Lipinski definition) is 4. The third kappa shape index (κ3) is 12.7. The normalized spacial score (nSPS) is 20.7. The summed E-state index contributed by atoms with van der Waals surface area (Å²) in [6, 6.07) is 5.45. The van der Waals surface area contributed by atoms with E-state index in [9.17, 15) is 57.4 Å². The van der Waals surface area contributed by atoms with Gasteiger partial charge in [-0.1, -0.05) is 39.0 Å². The fraction of sp³-hybridized carbons (Fsp3) is 0.512. The van der Waals surface area contributed by atoms with E-state index in [0.29, 0.717) is 24.0 Å². The van der Waals surface area contributed by atoms with Gasteiger partial charge in [-0.2, -0.15) is 4.99 Å². The number of likely N-dealkylation sites (tertiary alicyclic amines) is 1. The quantitative estimate of drug-likeness (QED) is 0.0683. The molecule has 1 unspecified atom stereocenters. The summed E-state index contributed by atoms with van der Waals surface area (Å²) < 4.78 is 38.2. The maximum Gasteiger partial charge on any atom is 0.411 e. The molecule has 1 aliphatic heterocycles. The lowest BCUT2D eigenvalue weighted by Gasteiger charge is -2.36. The number of nitrogens with zero attached hydrogens (tertiary/aromatic N) is 4. The lowest BCUT2D eigenvalue weighted by Crippen LogP contribution is -2.60. The number of nitro benzene ring substituents is 2. The Kier molecular flexibility index (Phi) is 15.1. The number of sulfonamides is 1. The summed E-state index contributed by atoms with van der Waals surface area (Å²) >= 11 is 0. The predicted octanol–water partition coefficient (Wildman–Crippen LogP) is 4.90. The summed E-state index contributed by atoms with van der Waals surface area (Å²) in [5.41, 5.74) is -2.19. The van der Waals surface area contributed by atoms with Crippen LogP contribution in [0.15, 0.2) is 54.0 Å². The molecule has 64 heavy (non-hydrogen) atoms. The van der Waals surface area contributed by atoms with Gasteiger partial charge in [0.1, 0.15) is 29.3 Å². The number of rotatable bonds is 13. The van der Waals surface area contributed by atoms with Crippen molar-refractivity contribution in [2.45, 2.75) is 116 Å². The smallest absolute Gasteiger partial charge is 0.411 e. The third-order valence-corrected chi connectivity index (χ3v) is 12.2. The van der Waals surface area contributed by atoms with Gasteiger partial charge in [-0.15, -0.1) is 6.58 Å². The zero-order chi connectivity index (χ0) is 48.1. The first kappa shape index (κ1) is 49.9. The average Bonchev–Trinajstić information content (AvgIpc) is 4.11. The van der Waals surface area contributed by atoms with Crippen LogP contribution in [0, 0.1) is 45.4 Å². The van der Waals surface area contributed by atoms with Crippen LogP contribution in [-0.4, -0.2) is 100 Å². The number of aliphatic imine (C=N–C) groups is 1. The Morgan fingerprint density at radius 2 is 1.56 bits per heavy atom. The number of anilines is 1. The van der Waals surface area contributed by atoms with Crippen LogP contribution < -0.4 is 20.7 Å². The van der Waals surface area contributed by atoms with Gasteiger partial charge in [0.25, 0.3) is 17.3 Å². The SMILES string of the molecule is C=CC1C[C@]1(NC(=O)[C@@H]1C[C@@H](OC(=O)Nc2cc([N+](=O)[O-])ccc2C)CN1C(=O)[C@@H](NC(=O)OC(C)(C)C)C(C)(C)C)C(=O)NS(=O)(=O)C1CC1.Cc1ccc([N+](=O)[O-])cc1N=C=O. The Morgan fingerprint density at radius 1 is 0.969 bits per heavy atom. The molecule has 1 heterocycles. The fourth-order valence-electron chi connectivity index (χ4n) is 6.66. The van der Waals surface area contributed by atoms with E-state index in [0.717, 1.165) is 11.0 Å². The molecule has 346 valence electrons. The molecular formula is C41H52N8O14S. The highest BCUT2D eigenvalue weighted by Crippen LogP contribution is 2.45. The number of carbonyl (C=O) groups is 5. The fourth-order valence-corrected chi connectivity index (χ4v) is 8.03. The summed E-state index contributed by atoms with van der Waals surface area (Å²) in [5.74, 6) is -3.06. The molecule has 0 aromatic heterocycles.